The second kappa shape index (κ2) is 5.90. The van der Waals surface area contributed by atoms with Gasteiger partial charge in [0, 0.05) is 8.07 Å². The van der Waals surface area contributed by atoms with E-state index in [2.05, 4.69) is 19.6 Å². The molecular weight excluding hydrogens is 281 g/mol. The van der Waals surface area contributed by atoms with Crippen LogP contribution in [0.1, 0.15) is 31.9 Å². The van der Waals surface area contributed by atoms with Crippen molar-refractivity contribution in [1.29, 1.82) is 0 Å². The van der Waals surface area contributed by atoms with Gasteiger partial charge >= 0.3 is 0 Å². The van der Waals surface area contributed by atoms with Crippen LogP contribution in [0.5, 0.6) is 0 Å². The summed E-state index contributed by atoms with van der Waals surface area (Å²) in [5.41, 5.74) is -0.432. The maximum absolute atomic E-state index is 13.2. The molecule has 0 aliphatic heterocycles. The maximum Gasteiger partial charge on any atom is 0.194 e. The van der Waals surface area contributed by atoms with E-state index >= 15 is 0 Å². The lowest BCUT2D eigenvalue weighted by Gasteiger charge is -2.33. The summed E-state index contributed by atoms with van der Waals surface area (Å²) in [6, 6.07) is 2.75. The highest BCUT2D eigenvalue weighted by atomic mass is 28.3. The van der Waals surface area contributed by atoms with Crippen molar-refractivity contribution < 1.29 is 18.3 Å². The van der Waals surface area contributed by atoms with Crippen LogP contribution in [0.4, 0.5) is 13.2 Å². The number of halogens is 3. The van der Waals surface area contributed by atoms with Crippen LogP contribution in [0.2, 0.25) is 25.7 Å². The summed E-state index contributed by atoms with van der Waals surface area (Å²) in [6.45, 7) is 10.4. The zero-order valence-corrected chi connectivity index (χ0v) is 13.7. The summed E-state index contributed by atoms with van der Waals surface area (Å²) < 4.78 is 39.4. The van der Waals surface area contributed by atoms with Crippen LogP contribution in [0.15, 0.2) is 12.1 Å². The molecule has 20 heavy (non-hydrogen) atoms. The third-order valence-electron chi connectivity index (χ3n) is 3.58. The highest BCUT2D eigenvalue weighted by Crippen LogP contribution is 2.39. The average Bonchev–Trinajstić information content (AvgIpc) is 2.31. The van der Waals surface area contributed by atoms with Gasteiger partial charge in [-0.3, -0.25) is 0 Å². The van der Waals surface area contributed by atoms with Gasteiger partial charge in [0.15, 0.2) is 17.5 Å². The Morgan fingerprint density at radius 2 is 1.55 bits per heavy atom. The van der Waals surface area contributed by atoms with Crippen molar-refractivity contribution in [2.75, 3.05) is 0 Å². The number of hydrogen-bond acceptors (Lipinski definition) is 1. The molecule has 0 saturated heterocycles. The van der Waals surface area contributed by atoms with Gasteiger partial charge in [-0.05, 0) is 29.5 Å². The van der Waals surface area contributed by atoms with Crippen molar-refractivity contribution in [2.45, 2.75) is 52.1 Å². The van der Waals surface area contributed by atoms with Gasteiger partial charge in [0.1, 0.15) is 0 Å². The molecule has 0 fully saturated rings. The predicted molar refractivity (Wildman–Crippen MR) is 77.8 cm³/mol. The lowest BCUT2D eigenvalue weighted by Crippen LogP contribution is -2.27. The van der Waals surface area contributed by atoms with Crippen molar-refractivity contribution in [3.8, 4) is 0 Å². The van der Waals surface area contributed by atoms with Crippen molar-refractivity contribution in [2.24, 2.45) is 5.41 Å². The number of benzene rings is 1. The summed E-state index contributed by atoms with van der Waals surface area (Å²) in [5, 5.41) is 10.3. The first-order chi connectivity index (χ1) is 8.94. The highest BCUT2D eigenvalue weighted by Gasteiger charge is 2.32. The van der Waals surface area contributed by atoms with E-state index in [0.717, 1.165) is 24.6 Å². The van der Waals surface area contributed by atoms with Gasteiger partial charge in [-0.15, -0.1) is 0 Å². The van der Waals surface area contributed by atoms with Crippen LogP contribution >= 0.6 is 0 Å². The third-order valence-corrected chi connectivity index (χ3v) is 5.33. The van der Waals surface area contributed by atoms with E-state index in [9.17, 15) is 18.3 Å². The van der Waals surface area contributed by atoms with Gasteiger partial charge in [0.05, 0.1) is 6.10 Å². The first-order valence-corrected chi connectivity index (χ1v) is 10.5. The first kappa shape index (κ1) is 17.2. The molecule has 0 heterocycles. The first-order valence-electron chi connectivity index (χ1n) is 6.76. The zero-order chi connectivity index (χ0) is 15.7. The minimum absolute atomic E-state index is 0.0852. The monoisotopic (exact) mass is 304 g/mol. The molecular formula is C15H23F3OSi. The van der Waals surface area contributed by atoms with Gasteiger partial charge < -0.3 is 5.11 Å². The van der Waals surface area contributed by atoms with E-state index < -0.39 is 37.0 Å². The van der Waals surface area contributed by atoms with Crippen LogP contribution in [-0.2, 0) is 0 Å². The van der Waals surface area contributed by atoms with Crippen LogP contribution in [0.25, 0.3) is 0 Å². The van der Waals surface area contributed by atoms with Gasteiger partial charge in [-0.1, -0.05) is 39.5 Å². The lowest BCUT2D eigenvalue weighted by molar-refractivity contribution is 0.0457. The van der Waals surface area contributed by atoms with Crippen LogP contribution < -0.4 is 0 Å². The van der Waals surface area contributed by atoms with E-state index in [4.69, 9.17) is 0 Å². The Kier molecular flexibility index (Phi) is 5.08. The quantitative estimate of drug-likeness (QED) is 0.606. The fourth-order valence-electron chi connectivity index (χ4n) is 2.02. The molecule has 1 N–H and O–H groups in total. The Labute approximate surface area is 119 Å². The molecule has 0 aliphatic carbocycles. The Morgan fingerprint density at radius 1 is 1.10 bits per heavy atom. The summed E-state index contributed by atoms with van der Waals surface area (Å²) in [7, 11) is -1.26. The van der Waals surface area contributed by atoms with Crippen LogP contribution in [0, 0.1) is 22.9 Å². The van der Waals surface area contributed by atoms with Gasteiger partial charge in [0.25, 0.3) is 0 Å². The number of aliphatic hydroxyl groups excluding tert-OH is 1. The lowest BCUT2D eigenvalue weighted by atomic mass is 9.80. The fraction of sp³-hybridized carbons (Fsp3) is 0.600. The fourth-order valence-corrected chi connectivity index (χ4v) is 3.41. The Hall–Kier alpha value is -0.813. The maximum atomic E-state index is 13.2. The standard InChI is InChI=1S/C15H23F3OSi/c1-15(2,6-7-20(3,4)5)14(19)10-8-11(16)13(18)12(17)9-10/h8-9,14,19H,6-7H2,1-5H3. The van der Waals surface area contributed by atoms with E-state index in [1.54, 1.807) is 0 Å². The number of rotatable bonds is 5. The minimum atomic E-state index is -1.50. The van der Waals surface area contributed by atoms with Crippen molar-refractivity contribution >= 4 is 8.07 Å². The van der Waals surface area contributed by atoms with Crippen molar-refractivity contribution in [1.82, 2.24) is 0 Å². The topological polar surface area (TPSA) is 20.2 Å². The summed E-state index contributed by atoms with van der Waals surface area (Å²) in [4.78, 5) is 0. The second-order valence-corrected chi connectivity index (χ2v) is 12.9. The molecule has 1 aromatic carbocycles. The Bertz CT molecular complexity index is 457. The molecule has 5 heteroatoms. The van der Waals surface area contributed by atoms with E-state index in [-0.39, 0.29) is 5.56 Å². The van der Waals surface area contributed by atoms with E-state index in [1.165, 1.54) is 0 Å². The molecule has 1 atom stereocenters. The van der Waals surface area contributed by atoms with Crippen molar-refractivity contribution in [3.63, 3.8) is 0 Å². The third kappa shape index (κ3) is 4.35. The second-order valence-electron chi connectivity index (χ2n) is 7.25. The summed E-state index contributed by atoms with van der Waals surface area (Å²) >= 11 is 0. The predicted octanol–water partition coefficient (Wildman–Crippen LogP) is 4.89. The van der Waals surface area contributed by atoms with Gasteiger partial charge in [-0.25, -0.2) is 13.2 Å². The Balaban J connectivity index is 2.95. The molecule has 0 amide bonds. The SMILES string of the molecule is CC(C)(CC[Si](C)(C)C)C(O)c1cc(F)c(F)c(F)c1. The molecule has 0 radical (unpaired) electrons. The van der Waals surface area contributed by atoms with Crippen molar-refractivity contribution in [3.05, 3.63) is 35.1 Å². The molecule has 114 valence electrons. The molecule has 1 unspecified atom stereocenters. The molecule has 1 aromatic rings. The van der Waals surface area contributed by atoms with Crippen LogP contribution in [0.3, 0.4) is 0 Å². The highest BCUT2D eigenvalue weighted by molar-refractivity contribution is 6.76. The molecule has 0 aromatic heterocycles. The molecule has 0 bridgehead atoms. The van der Waals surface area contributed by atoms with E-state index in [0.29, 0.717) is 0 Å². The minimum Gasteiger partial charge on any atom is -0.388 e. The molecule has 1 nitrogen and oxygen atoms in total. The van der Waals surface area contributed by atoms with Gasteiger partial charge in [0.2, 0.25) is 0 Å². The summed E-state index contributed by atoms with van der Waals surface area (Å²) in [6.07, 6.45) is -0.270. The molecule has 0 saturated carbocycles. The zero-order valence-electron chi connectivity index (χ0n) is 12.7. The van der Waals surface area contributed by atoms with Crippen LogP contribution in [-0.4, -0.2) is 13.2 Å². The molecule has 0 spiro atoms. The largest absolute Gasteiger partial charge is 0.388 e. The van der Waals surface area contributed by atoms with E-state index in [1.807, 2.05) is 13.8 Å². The smallest absolute Gasteiger partial charge is 0.194 e. The summed E-state index contributed by atoms with van der Waals surface area (Å²) in [5.74, 6) is -4.03. The Morgan fingerprint density at radius 3 is 1.95 bits per heavy atom. The average molecular weight is 304 g/mol. The number of aliphatic hydroxyl groups is 1. The normalized spacial score (nSPS) is 14.4. The molecule has 0 aliphatic rings. The number of hydrogen-bond donors (Lipinski definition) is 1. The van der Waals surface area contributed by atoms with Gasteiger partial charge in [-0.2, -0.15) is 0 Å². The molecule has 1 rings (SSSR count).